The van der Waals surface area contributed by atoms with Gasteiger partial charge in [-0.1, -0.05) is 0 Å². The smallest absolute Gasteiger partial charge is 0.225 e. The average molecular weight is 374 g/mol. The standard InChI is InChI=1S/C20H31N5O2/c1-2-24-16-20(6-4-18(24)26)5-3-7-23(15-20)14-17-12-21-19(22-13-17)25-8-10-27-11-9-25/h12-13H,2-11,14-16H2,1H3. The summed E-state index contributed by atoms with van der Waals surface area (Å²) in [5, 5.41) is 0. The Labute approximate surface area is 161 Å². The number of ether oxygens (including phenoxy) is 1. The Bertz CT molecular complexity index is 646. The second-order valence-electron chi connectivity index (χ2n) is 8.21. The van der Waals surface area contributed by atoms with Gasteiger partial charge in [-0.15, -0.1) is 0 Å². The van der Waals surface area contributed by atoms with Crippen molar-refractivity contribution in [3.05, 3.63) is 18.0 Å². The van der Waals surface area contributed by atoms with Gasteiger partial charge in [0, 0.05) is 69.1 Å². The number of carbonyl (C=O) groups excluding carboxylic acids is 1. The second-order valence-corrected chi connectivity index (χ2v) is 8.21. The number of likely N-dealkylation sites (tertiary alicyclic amines) is 2. The Morgan fingerprint density at radius 1 is 1.11 bits per heavy atom. The summed E-state index contributed by atoms with van der Waals surface area (Å²) in [7, 11) is 0. The molecule has 0 aliphatic carbocycles. The first-order valence-corrected chi connectivity index (χ1v) is 10.3. The van der Waals surface area contributed by atoms with Gasteiger partial charge in [0.25, 0.3) is 0 Å². The molecule has 7 heteroatoms. The molecule has 0 N–H and O–H groups in total. The van der Waals surface area contributed by atoms with E-state index in [0.717, 1.165) is 71.4 Å². The van der Waals surface area contributed by atoms with Crippen LogP contribution >= 0.6 is 0 Å². The predicted molar refractivity (Wildman–Crippen MR) is 103 cm³/mol. The molecule has 1 aromatic rings. The molecule has 1 atom stereocenters. The first-order valence-electron chi connectivity index (χ1n) is 10.3. The summed E-state index contributed by atoms with van der Waals surface area (Å²) in [5.41, 5.74) is 1.44. The molecule has 0 bridgehead atoms. The van der Waals surface area contributed by atoms with Crippen LogP contribution < -0.4 is 4.90 Å². The minimum absolute atomic E-state index is 0.275. The maximum absolute atomic E-state index is 12.1. The number of aromatic nitrogens is 2. The van der Waals surface area contributed by atoms with Crippen LogP contribution in [0.25, 0.3) is 0 Å². The monoisotopic (exact) mass is 373 g/mol. The van der Waals surface area contributed by atoms with E-state index in [-0.39, 0.29) is 5.41 Å². The van der Waals surface area contributed by atoms with Gasteiger partial charge in [-0.3, -0.25) is 9.69 Å². The summed E-state index contributed by atoms with van der Waals surface area (Å²) >= 11 is 0. The third-order valence-corrected chi connectivity index (χ3v) is 6.26. The molecule has 3 fully saturated rings. The fourth-order valence-electron chi connectivity index (χ4n) is 4.78. The second kappa shape index (κ2) is 8.10. The van der Waals surface area contributed by atoms with Crippen LogP contribution in [0.5, 0.6) is 0 Å². The van der Waals surface area contributed by atoms with Gasteiger partial charge in [-0.25, -0.2) is 9.97 Å². The highest BCUT2D eigenvalue weighted by Crippen LogP contribution is 2.39. The lowest BCUT2D eigenvalue weighted by Crippen LogP contribution is -2.53. The summed E-state index contributed by atoms with van der Waals surface area (Å²) in [6.07, 6.45) is 8.13. The first kappa shape index (κ1) is 18.6. The molecule has 1 spiro atoms. The molecule has 27 heavy (non-hydrogen) atoms. The van der Waals surface area contributed by atoms with Crippen LogP contribution in [-0.4, -0.2) is 78.2 Å². The molecule has 0 radical (unpaired) electrons. The number of nitrogens with zero attached hydrogens (tertiary/aromatic N) is 5. The fraction of sp³-hybridized carbons (Fsp3) is 0.750. The van der Waals surface area contributed by atoms with Crippen molar-refractivity contribution in [2.24, 2.45) is 5.41 Å². The van der Waals surface area contributed by atoms with E-state index in [1.165, 1.54) is 18.4 Å². The van der Waals surface area contributed by atoms with Gasteiger partial charge in [-0.05, 0) is 32.7 Å². The van der Waals surface area contributed by atoms with Gasteiger partial charge in [0.1, 0.15) is 0 Å². The van der Waals surface area contributed by atoms with Crippen molar-refractivity contribution in [2.75, 3.05) is 57.4 Å². The van der Waals surface area contributed by atoms with Crippen LogP contribution in [0.15, 0.2) is 12.4 Å². The van der Waals surface area contributed by atoms with Gasteiger partial charge >= 0.3 is 0 Å². The third-order valence-electron chi connectivity index (χ3n) is 6.26. The average Bonchev–Trinajstić information content (AvgIpc) is 2.71. The van der Waals surface area contributed by atoms with Gasteiger partial charge < -0.3 is 14.5 Å². The minimum Gasteiger partial charge on any atom is -0.378 e. The van der Waals surface area contributed by atoms with E-state index in [4.69, 9.17) is 4.74 Å². The van der Waals surface area contributed by atoms with Gasteiger partial charge in [0.15, 0.2) is 0 Å². The van der Waals surface area contributed by atoms with Crippen LogP contribution in [0.3, 0.4) is 0 Å². The Kier molecular flexibility index (Phi) is 5.59. The van der Waals surface area contributed by atoms with E-state index in [2.05, 4.69) is 26.7 Å². The number of piperidine rings is 2. The van der Waals surface area contributed by atoms with E-state index in [1.807, 2.05) is 17.3 Å². The summed E-state index contributed by atoms with van der Waals surface area (Å²) in [4.78, 5) is 28.0. The Hall–Kier alpha value is -1.73. The molecule has 3 aliphatic rings. The first-order chi connectivity index (χ1) is 13.2. The molecule has 1 unspecified atom stereocenters. The summed E-state index contributed by atoms with van der Waals surface area (Å²) in [5.74, 6) is 1.13. The number of hydrogen-bond acceptors (Lipinski definition) is 6. The largest absolute Gasteiger partial charge is 0.378 e. The van der Waals surface area contributed by atoms with Gasteiger partial charge in [-0.2, -0.15) is 0 Å². The molecular formula is C20H31N5O2. The van der Waals surface area contributed by atoms with Gasteiger partial charge in [0.05, 0.1) is 13.2 Å². The van der Waals surface area contributed by atoms with E-state index >= 15 is 0 Å². The number of anilines is 1. The molecule has 1 amide bonds. The zero-order valence-corrected chi connectivity index (χ0v) is 16.4. The number of rotatable bonds is 4. The quantitative estimate of drug-likeness (QED) is 0.798. The van der Waals surface area contributed by atoms with Crippen molar-refractivity contribution in [3.63, 3.8) is 0 Å². The molecule has 4 heterocycles. The van der Waals surface area contributed by atoms with Crippen LogP contribution in [-0.2, 0) is 16.1 Å². The highest BCUT2D eigenvalue weighted by molar-refractivity contribution is 5.77. The lowest BCUT2D eigenvalue weighted by Gasteiger charge is -2.48. The number of amides is 1. The number of carbonyl (C=O) groups is 1. The van der Waals surface area contributed by atoms with Gasteiger partial charge in [0.2, 0.25) is 11.9 Å². The van der Waals surface area contributed by atoms with Crippen molar-refractivity contribution < 1.29 is 9.53 Å². The van der Waals surface area contributed by atoms with Crippen molar-refractivity contribution in [2.45, 2.75) is 39.2 Å². The SMILES string of the molecule is CCN1CC2(CCCN(Cc3cnc(N4CCOCC4)nc3)C2)CCC1=O. The Morgan fingerprint density at radius 2 is 1.89 bits per heavy atom. The summed E-state index contributed by atoms with van der Waals surface area (Å²) < 4.78 is 5.39. The lowest BCUT2D eigenvalue weighted by molar-refractivity contribution is -0.139. The van der Waals surface area contributed by atoms with Crippen molar-refractivity contribution in [1.82, 2.24) is 19.8 Å². The Balaban J connectivity index is 1.37. The zero-order valence-electron chi connectivity index (χ0n) is 16.4. The predicted octanol–water partition coefficient (Wildman–Crippen LogP) is 1.54. The van der Waals surface area contributed by atoms with Crippen LogP contribution in [0, 0.1) is 5.41 Å². The van der Waals surface area contributed by atoms with Crippen LogP contribution in [0.1, 0.15) is 38.2 Å². The summed E-state index contributed by atoms with van der Waals surface area (Å²) in [6.45, 7) is 10.1. The van der Waals surface area contributed by atoms with E-state index < -0.39 is 0 Å². The molecule has 0 saturated carbocycles. The maximum atomic E-state index is 12.1. The van der Waals surface area contributed by atoms with E-state index in [0.29, 0.717) is 12.3 Å². The third kappa shape index (κ3) is 4.24. The topological polar surface area (TPSA) is 61.8 Å². The molecular weight excluding hydrogens is 342 g/mol. The van der Waals surface area contributed by atoms with Crippen molar-refractivity contribution in [1.29, 1.82) is 0 Å². The van der Waals surface area contributed by atoms with Crippen molar-refractivity contribution >= 4 is 11.9 Å². The van der Waals surface area contributed by atoms with Crippen molar-refractivity contribution in [3.8, 4) is 0 Å². The molecule has 3 saturated heterocycles. The molecule has 3 aliphatic heterocycles. The summed E-state index contributed by atoms with van der Waals surface area (Å²) in [6, 6.07) is 0. The van der Waals surface area contributed by atoms with Crippen LogP contribution in [0.4, 0.5) is 5.95 Å². The minimum atomic E-state index is 0.275. The highest BCUT2D eigenvalue weighted by atomic mass is 16.5. The van der Waals surface area contributed by atoms with Crippen LogP contribution in [0.2, 0.25) is 0 Å². The van der Waals surface area contributed by atoms with E-state index in [1.54, 1.807) is 0 Å². The molecule has 7 nitrogen and oxygen atoms in total. The zero-order chi connectivity index (χ0) is 18.7. The van der Waals surface area contributed by atoms with E-state index in [9.17, 15) is 4.79 Å². The normalized spacial score (nSPS) is 27.4. The highest BCUT2D eigenvalue weighted by Gasteiger charge is 2.41. The molecule has 4 rings (SSSR count). The molecule has 1 aromatic heterocycles. The Morgan fingerprint density at radius 3 is 2.63 bits per heavy atom. The fourth-order valence-corrected chi connectivity index (χ4v) is 4.78. The molecule has 148 valence electrons. The lowest BCUT2D eigenvalue weighted by atomic mass is 9.73. The molecule has 0 aromatic carbocycles. The number of morpholine rings is 1. The maximum Gasteiger partial charge on any atom is 0.225 e. The number of hydrogen-bond donors (Lipinski definition) is 0.